The molecule has 294 valence electrons. The molecule has 0 bridgehead atoms. The van der Waals surface area contributed by atoms with E-state index >= 15 is 4.79 Å². The van der Waals surface area contributed by atoms with E-state index in [1.165, 1.54) is 0 Å². The Bertz CT molecular complexity index is 2520. The number of carboxylic acids is 1. The van der Waals surface area contributed by atoms with Gasteiger partial charge in [0.1, 0.15) is 17.1 Å². The van der Waals surface area contributed by atoms with Gasteiger partial charge in [-0.1, -0.05) is 29.3 Å². The van der Waals surface area contributed by atoms with Crippen molar-refractivity contribution in [3.63, 3.8) is 0 Å². The Labute approximate surface area is 337 Å². The molecule has 3 aromatic heterocycles. The molecular formula is C43H49Cl2N7O4. The number of nitrogens with zero attached hydrogens (tertiary/aromatic N) is 6. The van der Waals surface area contributed by atoms with E-state index in [0.717, 1.165) is 78.5 Å². The Hall–Kier alpha value is -4.97. The number of benzene rings is 3. The van der Waals surface area contributed by atoms with Gasteiger partial charge in [0, 0.05) is 78.1 Å². The predicted octanol–water partition coefficient (Wildman–Crippen LogP) is 8.98. The van der Waals surface area contributed by atoms with Gasteiger partial charge in [-0.2, -0.15) is 5.10 Å². The van der Waals surface area contributed by atoms with Crippen molar-refractivity contribution in [3.05, 3.63) is 92.0 Å². The molecule has 1 amide bonds. The highest BCUT2D eigenvalue weighted by molar-refractivity contribution is 6.35. The van der Waals surface area contributed by atoms with Crippen LogP contribution in [0.2, 0.25) is 10.0 Å². The van der Waals surface area contributed by atoms with E-state index < -0.39 is 5.97 Å². The molecule has 13 heteroatoms. The molecule has 56 heavy (non-hydrogen) atoms. The third-order valence-corrected chi connectivity index (χ3v) is 12.0. The van der Waals surface area contributed by atoms with Gasteiger partial charge in [-0.3, -0.25) is 9.48 Å². The van der Waals surface area contributed by atoms with Crippen LogP contribution in [0.15, 0.2) is 42.5 Å². The number of hydrogen-bond acceptors (Lipinski definition) is 6. The molecule has 0 aliphatic carbocycles. The normalized spacial score (nSPS) is 14.4. The lowest BCUT2D eigenvalue weighted by Crippen LogP contribution is -2.43. The number of hydrogen-bond donors (Lipinski definition) is 2. The van der Waals surface area contributed by atoms with Gasteiger partial charge in [0.25, 0.3) is 5.91 Å². The van der Waals surface area contributed by atoms with Gasteiger partial charge in [0.05, 0.1) is 34.0 Å². The summed E-state index contributed by atoms with van der Waals surface area (Å²) in [5.41, 5.74) is 10.3. The van der Waals surface area contributed by atoms with Crippen LogP contribution in [0.25, 0.3) is 32.9 Å². The molecule has 4 heterocycles. The van der Waals surface area contributed by atoms with Crippen LogP contribution in [0.1, 0.15) is 68.4 Å². The number of halogens is 2. The summed E-state index contributed by atoms with van der Waals surface area (Å²) in [5, 5.41) is 21.4. The molecule has 6 aromatic rings. The lowest BCUT2D eigenvalue weighted by Gasteiger charge is -2.35. The summed E-state index contributed by atoms with van der Waals surface area (Å²) in [7, 11) is 7.69. The van der Waals surface area contributed by atoms with Crippen molar-refractivity contribution in [1.82, 2.24) is 23.8 Å². The summed E-state index contributed by atoms with van der Waals surface area (Å²) in [5.74, 6) is -0.438. The van der Waals surface area contributed by atoms with E-state index in [1.807, 2.05) is 94.8 Å². The van der Waals surface area contributed by atoms with Crippen LogP contribution in [-0.2, 0) is 20.5 Å². The first-order valence-electron chi connectivity index (χ1n) is 18.9. The molecule has 0 fully saturated rings. The Balaban J connectivity index is 1.39. The van der Waals surface area contributed by atoms with Crippen molar-refractivity contribution in [1.29, 1.82) is 0 Å². The van der Waals surface area contributed by atoms with Crippen LogP contribution in [0.5, 0.6) is 5.75 Å². The molecular weight excluding hydrogens is 749 g/mol. The first kappa shape index (κ1) is 39.3. The Morgan fingerprint density at radius 1 is 1.02 bits per heavy atom. The van der Waals surface area contributed by atoms with Gasteiger partial charge in [0.2, 0.25) is 0 Å². The van der Waals surface area contributed by atoms with Crippen LogP contribution >= 0.6 is 23.2 Å². The lowest BCUT2D eigenvalue weighted by atomic mass is 9.98. The molecule has 0 saturated carbocycles. The van der Waals surface area contributed by atoms with Crippen molar-refractivity contribution in [2.24, 2.45) is 14.1 Å². The SMILES string of the molecule is Cc1cc(OCCCc2c3n(c4c(-c5c(C)nn(C)c5C)c(Cl)ccc24)[C@H](C)CN(c2cc(NCCN(C)C)cc4cc(C(=O)O)n(C)c24)C3=O)cc(C)c1Cl. The first-order chi connectivity index (χ1) is 26.6. The fourth-order valence-electron chi connectivity index (χ4n) is 8.36. The smallest absolute Gasteiger partial charge is 0.352 e. The molecule has 0 radical (unpaired) electrons. The lowest BCUT2D eigenvalue weighted by molar-refractivity contribution is 0.0687. The average molecular weight is 799 g/mol. The molecule has 0 spiro atoms. The van der Waals surface area contributed by atoms with Crippen LogP contribution in [0.3, 0.4) is 0 Å². The van der Waals surface area contributed by atoms with Gasteiger partial charge in [-0.25, -0.2) is 4.79 Å². The third-order valence-electron chi connectivity index (χ3n) is 11.1. The zero-order valence-electron chi connectivity index (χ0n) is 33.5. The number of likely N-dealkylation sites (N-methyl/N-ethyl adjacent to an activating group) is 1. The number of rotatable bonds is 12. The van der Waals surface area contributed by atoms with Crippen LogP contribution in [0, 0.1) is 27.7 Å². The van der Waals surface area contributed by atoms with E-state index in [-0.39, 0.29) is 17.6 Å². The van der Waals surface area contributed by atoms with Crippen LogP contribution < -0.4 is 15.0 Å². The molecule has 2 N–H and O–H groups in total. The summed E-state index contributed by atoms with van der Waals surface area (Å²) < 4.78 is 12.0. The molecule has 11 nitrogen and oxygen atoms in total. The minimum absolute atomic E-state index is 0.145. The second-order valence-corrected chi connectivity index (χ2v) is 16.1. The third kappa shape index (κ3) is 6.79. The van der Waals surface area contributed by atoms with Crippen molar-refractivity contribution >= 4 is 68.3 Å². The van der Waals surface area contributed by atoms with Crippen molar-refractivity contribution in [2.45, 2.75) is 53.5 Å². The molecule has 3 aromatic carbocycles. The van der Waals surface area contributed by atoms with Gasteiger partial charge >= 0.3 is 5.97 Å². The minimum Gasteiger partial charge on any atom is -0.494 e. The quantitative estimate of drug-likeness (QED) is 0.119. The molecule has 7 rings (SSSR count). The number of carboxylic acid groups (broad SMARTS) is 1. The second-order valence-electron chi connectivity index (χ2n) is 15.3. The zero-order chi connectivity index (χ0) is 40.3. The number of ether oxygens (including phenoxy) is 1. The minimum atomic E-state index is -1.03. The Kier molecular flexibility index (Phi) is 10.6. The number of anilines is 2. The first-order valence-corrected chi connectivity index (χ1v) is 19.7. The molecule has 0 unspecified atom stereocenters. The summed E-state index contributed by atoms with van der Waals surface area (Å²) in [6.45, 7) is 12.3. The number of carbonyl (C=O) groups excluding carboxylic acids is 1. The average Bonchev–Trinajstić information content (AvgIpc) is 3.74. The van der Waals surface area contributed by atoms with Gasteiger partial charge in [-0.05, 0) is 115 Å². The van der Waals surface area contributed by atoms with Gasteiger partial charge in [0.15, 0.2) is 0 Å². The van der Waals surface area contributed by atoms with E-state index in [1.54, 1.807) is 17.7 Å². The topological polar surface area (TPSA) is 110 Å². The van der Waals surface area contributed by atoms with Crippen LogP contribution in [-0.4, -0.2) is 81.1 Å². The molecule has 0 saturated heterocycles. The predicted molar refractivity (Wildman–Crippen MR) is 227 cm³/mol. The maximum absolute atomic E-state index is 15.4. The fraction of sp³-hybridized carbons (Fsp3) is 0.372. The molecule has 1 atom stereocenters. The number of nitrogens with one attached hydrogen (secondary N) is 1. The standard InChI is InChI=1S/C43H49Cl2N7O4/c1-23-17-30(18-24(2)38(23)45)56-16-10-11-31-32-12-13-33(44)37(36-26(4)47-50(9)27(36)5)40(32)52-25(3)22-51(42(53)41(31)52)34-21-29(46-14-15-48(6)7)19-28-20-35(43(54)55)49(8)39(28)34/h12-13,17-21,25,46H,10-11,14-16,22H2,1-9H3,(H,54,55)/t25-/m1/s1. The Morgan fingerprint density at radius 2 is 1.73 bits per heavy atom. The number of fused-ring (bicyclic) bond motifs is 4. The van der Waals surface area contributed by atoms with Crippen LogP contribution in [0.4, 0.5) is 11.4 Å². The van der Waals surface area contributed by atoms with Gasteiger partial charge < -0.3 is 34.1 Å². The molecule has 1 aliphatic rings. The van der Waals surface area contributed by atoms with E-state index in [2.05, 4.69) is 21.7 Å². The van der Waals surface area contributed by atoms with Gasteiger partial charge in [-0.15, -0.1) is 0 Å². The number of carbonyl (C=O) groups is 2. The summed E-state index contributed by atoms with van der Waals surface area (Å²) in [4.78, 5) is 31.6. The zero-order valence-corrected chi connectivity index (χ0v) is 35.0. The number of aromatic nitrogens is 4. The van der Waals surface area contributed by atoms with E-state index in [4.69, 9.17) is 33.0 Å². The second kappa shape index (κ2) is 15.2. The maximum Gasteiger partial charge on any atom is 0.352 e. The summed E-state index contributed by atoms with van der Waals surface area (Å²) >= 11 is 13.6. The number of aryl methyl sites for hydroxylation is 6. The largest absolute Gasteiger partial charge is 0.494 e. The number of aromatic carboxylic acids is 1. The highest BCUT2D eigenvalue weighted by Gasteiger charge is 2.38. The van der Waals surface area contributed by atoms with Crippen molar-refractivity contribution in [2.75, 3.05) is 50.6 Å². The van der Waals surface area contributed by atoms with Crippen molar-refractivity contribution < 1.29 is 19.4 Å². The fourth-order valence-corrected chi connectivity index (χ4v) is 8.71. The highest BCUT2D eigenvalue weighted by atomic mass is 35.5. The monoisotopic (exact) mass is 797 g/mol. The number of amides is 1. The molecule has 1 aliphatic heterocycles. The summed E-state index contributed by atoms with van der Waals surface area (Å²) in [6, 6.07) is 13.3. The van der Waals surface area contributed by atoms with E-state index in [0.29, 0.717) is 54.5 Å². The van der Waals surface area contributed by atoms with Crippen molar-refractivity contribution in [3.8, 4) is 16.9 Å². The summed E-state index contributed by atoms with van der Waals surface area (Å²) in [6.07, 6.45) is 1.21. The highest BCUT2D eigenvalue weighted by Crippen LogP contribution is 2.46. The maximum atomic E-state index is 15.4. The van der Waals surface area contributed by atoms with E-state index in [9.17, 15) is 9.90 Å². The Morgan fingerprint density at radius 3 is 2.38 bits per heavy atom.